The van der Waals surface area contributed by atoms with Crippen LogP contribution in [0.5, 0.6) is 0 Å². The zero-order valence-electron chi connectivity index (χ0n) is 16.3. The van der Waals surface area contributed by atoms with E-state index in [4.69, 9.17) is 0 Å². The smallest absolute Gasteiger partial charge is 0.251 e. The maximum absolute atomic E-state index is 12.4. The van der Waals surface area contributed by atoms with Crippen molar-refractivity contribution in [2.75, 3.05) is 17.1 Å². The van der Waals surface area contributed by atoms with Gasteiger partial charge in [0.25, 0.3) is 5.91 Å². The highest BCUT2D eigenvalue weighted by molar-refractivity contribution is 7.92. The molecule has 3 aromatic rings. The van der Waals surface area contributed by atoms with Crippen molar-refractivity contribution in [2.24, 2.45) is 0 Å². The quantitative estimate of drug-likeness (QED) is 0.619. The van der Waals surface area contributed by atoms with Crippen molar-refractivity contribution in [3.05, 3.63) is 102 Å². The summed E-state index contributed by atoms with van der Waals surface area (Å²) in [4.78, 5) is 12.4. The van der Waals surface area contributed by atoms with Crippen molar-refractivity contribution in [2.45, 2.75) is 13.0 Å². The summed E-state index contributed by atoms with van der Waals surface area (Å²) in [5, 5.41) is 2.90. The predicted molar refractivity (Wildman–Crippen MR) is 116 cm³/mol. The molecular weight excluding hydrogens is 384 g/mol. The van der Waals surface area contributed by atoms with Crippen molar-refractivity contribution in [1.82, 2.24) is 5.32 Å². The molecule has 0 fully saturated rings. The van der Waals surface area contributed by atoms with Crippen LogP contribution in [0, 0.1) is 0 Å². The van der Waals surface area contributed by atoms with E-state index >= 15 is 0 Å². The molecule has 3 rings (SSSR count). The lowest BCUT2D eigenvalue weighted by Crippen LogP contribution is -2.29. The Morgan fingerprint density at radius 2 is 1.38 bits per heavy atom. The first kappa shape index (κ1) is 20.6. The van der Waals surface area contributed by atoms with Gasteiger partial charge in [0.2, 0.25) is 10.0 Å². The Morgan fingerprint density at radius 3 is 1.93 bits per heavy atom. The number of hydrogen-bond donors (Lipinski definition) is 1. The summed E-state index contributed by atoms with van der Waals surface area (Å²) >= 11 is 0. The minimum Gasteiger partial charge on any atom is -0.352 e. The highest BCUT2D eigenvalue weighted by Crippen LogP contribution is 2.21. The molecule has 150 valence electrons. The Balaban J connectivity index is 1.66. The van der Waals surface area contributed by atoms with Crippen LogP contribution in [-0.2, 0) is 23.0 Å². The lowest BCUT2D eigenvalue weighted by Gasteiger charge is -2.22. The number of carbonyl (C=O) groups is 1. The molecule has 0 aliphatic heterocycles. The summed E-state index contributed by atoms with van der Waals surface area (Å²) in [6.45, 7) is 0.774. The fourth-order valence-corrected chi connectivity index (χ4v) is 3.88. The number of anilines is 1. The second-order valence-corrected chi connectivity index (χ2v) is 8.70. The van der Waals surface area contributed by atoms with Crippen molar-refractivity contribution in [3.8, 4) is 0 Å². The van der Waals surface area contributed by atoms with Gasteiger partial charge in [-0.3, -0.25) is 9.10 Å². The summed E-state index contributed by atoms with van der Waals surface area (Å²) in [5.41, 5.74) is 3.07. The van der Waals surface area contributed by atoms with Gasteiger partial charge in [-0.1, -0.05) is 60.7 Å². The fraction of sp³-hybridized carbons (Fsp3) is 0.174. The summed E-state index contributed by atoms with van der Waals surface area (Å²) in [6, 6.07) is 26.0. The number of benzene rings is 3. The molecule has 29 heavy (non-hydrogen) atoms. The molecule has 0 spiro atoms. The molecule has 0 aliphatic rings. The average Bonchev–Trinajstić information content (AvgIpc) is 2.73. The third-order valence-electron chi connectivity index (χ3n) is 4.53. The molecule has 0 atom stereocenters. The topological polar surface area (TPSA) is 66.5 Å². The Bertz CT molecular complexity index is 1030. The molecule has 1 N–H and O–H groups in total. The van der Waals surface area contributed by atoms with Crippen LogP contribution in [0.1, 0.15) is 21.5 Å². The lowest BCUT2D eigenvalue weighted by molar-refractivity contribution is 0.0954. The molecule has 0 heterocycles. The summed E-state index contributed by atoms with van der Waals surface area (Å²) in [6.07, 6.45) is 1.93. The van der Waals surface area contributed by atoms with E-state index in [2.05, 4.69) is 5.32 Å². The van der Waals surface area contributed by atoms with Gasteiger partial charge in [0.15, 0.2) is 0 Å². The van der Waals surface area contributed by atoms with Gasteiger partial charge < -0.3 is 5.32 Å². The number of hydrogen-bond acceptors (Lipinski definition) is 3. The first-order chi connectivity index (χ1) is 13.9. The Labute approximate surface area is 172 Å². The van der Waals surface area contributed by atoms with E-state index in [0.717, 1.165) is 17.5 Å². The molecule has 0 radical (unpaired) electrons. The van der Waals surface area contributed by atoms with Crippen LogP contribution < -0.4 is 9.62 Å². The van der Waals surface area contributed by atoms with Crippen molar-refractivity contribution in [3.63, 3.8) is 0 Å². The summed E-state index contributed by atoms with van der Waals surface area (Å²) in [7, 11) is -3.46. The van der Waals surface area contributed by atoms with E-state index in [9.17, 15) is 13.2 Å². The molecule has 0 unspecified atom stereocenters. The molecule has 3 aromatic carbocycles. The van der Waals surface area contributed by atoms with Gasteiger partial charge in [0, 0.05) is 12.1 Å². The third kappa shape index (κ3) is 5.93. The molecule has 0 saturated carbocycles. The van der Waals surface area contributed by atoms with E-state index < -0.39 is 10.0 Å². The highest BCUT2D eigenvalue weighted by atomic mass is 32.2. The maximum atomic E-state index is 12.4. The van der Waals surface area contributed by atoms with Crippen LogP contribution in [0.15, 0.2) is 84.9 Å². The predicted octanol–water partition coefficient (Wildman–Crippen LogP) is 3.63. The number of nitrogens with zero attached hydrogens (tertiary/aromatic N) is 1. The Hall–Kier alpha value is -3.12. The van der Waals surface area contributed by atoms with E-state index in [1.165, 1.54) is 10.6 Å². The minimum atomic E-state index is -3.46. The standard InChI is InChI=1S/C23H24N2O3S/c1-29(27,28)25(18-20-10-6-3-7-11-20)22-14-12-21(13-15-22)23(26)24-17-16-19-8-4-2-5-9-19/h2-15H,16-18H2,1H3,(H,24,26). The third-order valence-corrected chi connectivity index (χ3v) is 5.67. The van der Waals surface area contributed by atoms with Crippen LogP contribution in [0.25, 0.3) is 0 Å². The van der Waals surface area contributed by atoms with Gasteiger partial charge in [-0.05, 0) is 41.8 Å². The molecular formula is C23H24N2O3S. The zero-order chi connectivity index (χ0) is 20.7. The molecule has 0 saturated heterocycles. The SMILES string of the molecule is CS(=O)(=O)N(Cc1ccccc1)c1ccc(C(=O)NCCc2ccccc2)cc1. The second kappa shape index (κ2) is 9.39. The van der Waals surface area contributed by atoms with Crippen LogP contribution in [0.3, 0.4) is 0 Å². The van der Waals surface area contributed by atoms with Crippen LogP contribution in [0.4, 0.5) is 5.69 Å². The zero-order valence-corrected chi connectivity index (χ0v) is 17.1. The average molecular weight is 409 g/mol. The normalized spacial score (nSPS) is 11.1. The van der Waals surface area contributed by atoms with Gasteiger partial charge in [-0.2, -0.15) is 0 Å². The van der Waals surface area contributed by atoms with Crippen molar-refractivity contribution in [1.29, 1.82) is 0 Å². The largest absolute Gasteiger partial charge is 0.352 e. The van der Waals surface area contributed by atoms with Gasteiger partial charge in [-0.15, -0.1) is 0 Å². The monoisotopic (exact) mass is 408 g/mol. The van der Waals surface area contributed by atoms with E-state index in [-0.39, 0.29) is 12.5 Å². The molecule has 5 nitrogen and oxygen atoms in total. The van der Waals surface area contributed by atoms with Crippen molar-refractivity contribution < 1.29 is 13.2 Å². The van der Waals surface area contributed by atoms with Crippen LogP contribution >= 0.6 is 0 Å². The second-order valence-electron chi connectivity index (χ2n) is 6.79. The first-order valence-electron chi connectivity index (χ1n) is 9.37. The summed E-state index contributed by atoms with van der Waals surface area (Å²) in [5.74, 6) is -0.179. The van der Waals surface area contributed by atoms with E-state index in [1.54, 1.807) is 24.3 Å². The van der Waals surface area contributed by atoms with Crippen LogP contribution in [0.2, 0.25) is 0 Å². The Kier molecular flexibility index (Phi) is 6.67. The molecule has 0 aliphatic carbocycles. The summed E-state index contributed by atoms with van der Waals surface area (Å²) < 4.78 is 25.9. The number of carbonyl (C=O) groups excluding carboxylic acids is 1. The van der Waals surface area contributed by atoms with Crippen molar-refractivity contribution >= 4 is 21.6 Å². The van der Waals surface area contributed by atoms with Gasteiger partial charge in [0.05, 0.1) is 18.5 Å². The van der Waals surface area contributed by atoms with Gasteiger partial charge in [0.1, 0.15) is 0 Å². The lowest BCUT2D eigenvalue weighted by atomic mass is 10.1. The van der Waals surface area contributed by atoms with E-state index in [0.29, 0.717) is 17.8 Å². The number of rotatable bonds is 8. The van der Waals surface area contributed by atoms with Gasteiger partial charge >= 0.3 is 0 Å². The maximum Gasteiger partial charge on any atom is 0.251 e. The van der Waals surface area contributed by atoms with Gasteiger partial charge in [-0.25, -0.2) is 8.42 Å². The minimum absolute atomic E-state index is 0.179. The molecule has 0 bridgehead atoms. The van der Waals surface area contributed by atoms with E-state index in [1.807, 2.05) is 60.7 Å². The number of nitrogens with one attached hydrogen (secondary N) is 1. The number of amides is 1. The first-order valence-corrected chi connectivity index (χ1v) is 11.2. The van der Waals surface area contributed by atoms with Crippen LogP contribution in [-0.4, -0.2) is 27.1 Å². The Morgan fingerprint density at radius 1 is 0.828 bits per heavy atom. The molecule has 1 amide bonds. The molecule has 0 aromatic heterocycles. The molecule has 6 heteroatoms. The fourth-order valence-electron chi connectivity index (χ4n) is 3.00. The number of sulfonamides is 1. The highest BCUT2D eigenvalue weighted by Gasteiger charge is 2.18.